The van der Waals surface area contributed by atoms with Crippen LogP contribution in [0.25, 0.3) is 0 Å². The second-order valence-corrected chi connectivity index (χ2v) is 9.50. The fourth-order valence-electron chi connectivity index (χ4n) is 3.42. The molecule has 4 N–H and O–H groups in total. The molecule has 1 aromatic heterocycles. The molecule has 10 heteroatoms. The molecule has 0 saturated heterocycles. The number of hydrogen-bond donors (Lipinski definition) is 3. The highest BCUT2D eigenvalue weighted by atomic mass is 32.1. The van der Waals surface area contributed by atoms with Crippen LogP contribution in [0.2, 0.25) is 0 Å². The maximum Gasteiger partial charge on any atom is 0.407 e. The maximum absolute atomic E-state index is 13.9. The lowest BCUT2D eigenvalue weighted by atomic mass is 9.91. The molecule has 1 heterocycles. The zero-order valence-corrected chi connectivity index (χ0v) is 18.4. The first-order valence-electron chi connectivity index (χ1n) is 10.0. The Hall–Kier alpha value is -2.75. The lowest BCUT2D eigenvalue weighted by molar-refractivity contribution is 0.0492. The molecule has 2 aromatic rings. The van der Waals surface area contributed by atoms with E-state index in [9.17, 15) is 18.4 Å². The van der Waals surface area contributed by atoms with E-state index < -0.39 is 34.7 Å². The molecule has 1 aliphatic carbocycles. The second-order valence-electron chi connectivity index (χ2n) is 8.50. The molecule has 1 aromatic carbocycles. The van der Waals surface area contributed by atoms with E-state index in [-0.39, 0.29) is 22.8 Å². The van der Waals surface area contributed by atoms with Crippen LogP contribution in [-0.4, -0.2) is 34.5 Å². The van der Waals surface area contributed by atoms with Gasteiger partial charge in [-0.3, -0.25) is 4.79 Å². The number of anilines is 2. The predicted octanol–water partition coefficient (Wildman–Crippen LogP) is 4.48. The van der Waals surface area contributed by atoms with Crippen molar-refractivity contribution in [3.05, 3.63) is 40.3 Å². The quantitative estimate of drug-likeness (QED) is 0.578. The number of amides is 1. The Morgan fingerprint density at radius 2 is 1.71 bits per heavy atom. The number of carbonyl (C=O) groups excluding carboxylic acids is 2. The van der Waals surface area contributed by atoms with Crippen molar-refractivity contribution < 1.29 is 23.1 Å². The zero-order valence-electron chi connectivity index (χ0n) is 17.6. The number of nitrogen functional groups attached to an aromatic ring is 1. The van der Waals surface area contributed by atoms with Crippen LogP contribution in [0.1, 0.15) is 61.7 Å². The van der Waals surface area contributed by atoms with E-state index in [0.717, 1.165) is 49.2 Å². The number of nitrogens with two attached hydrogens (primary N) is 1. The number of hydrogen-bond acceptors (Lipinski definition) is 7. The third kappa shape index (κ3) is 5.90. The number of benzene rings is 1. The van der Waals surface area contributed by atoms with E-state index >= 15 is 0 Å². The summed E-state index contributed by atoms with van der Waals surface area (Å²) in [6.45, 7) is 5.44. The highest BCUT2D eigenvalue weighted by molar-refractivity contribution is 7.18. The fraction of sp³-hybridized carbons (Fsp3) is 0.476. The number of halogens is 2. The topological polar surface area (TPSA) is 106 Å². The Kier molecular flexibility index (Phi) is 6.78. The van der Waals surface area contributed by atoms with Gasteiger partial charge in [-0.2, -0.15) is 0 Å². The van der Waals surface area contributed by atoms with Gasteiger partial charge in [-0.25, -0.2) is 18.6 Å². The number of nitrogens with zero attached hydrogens (tertiary/aromatic N) is 1. The molecule has 0 aliphatic heterocycles. The van der Waals surface area contributed by atoms with Crippen LogP contribution in [0.15, 0.2) is 18.2 Å². The predicted molar refractivity (Wildman–Crippen MR) is 115 cm³/mol. The van der Waals surface area contributed by atoms with Gasteiger partial charge in [0.05, 0.1) is 5.56 Å². The van der Waals surface area contributed by atoms with Gasteiger partial charge in [0.2, 0.25) is 5.78 Å². The Morgan fingerprint density at radius 3 is 2.29 bits per heavy atom. The van der Waals surface area contributed by atoms with Crippen molar-refractivity contribution in [2.45, 2.75) is 64.1 Å². The Bertz CT molecular complexity index is 946. The van der Waals surface area contributed by atoms with Gasteiger partial charge in [0, 0.05) is 12.1 Å². The van der Waals surface area contributed by atoms with Crippen molar-refractivity contribution in [2.24, 2.45) is 0 Å². The monoisotopic (exact) mass is 452 g/mol. The van der Waals surface area contributed by atoms with Gasteiger partial charge in [-0.05, 0) is 58.6 Å². The third-order valence-corrected chi connectivity index (χ3v) is 5.83. The molecule has 0 bridgehead atoms. The normalized spacial score (nSPS) is 19.0. The van der Waals surface area contributed by atoms with Crippen LogP contribution >= 0.6 is 11.3 Å². The Morgan fingerprint density at radius 1 is 1.13 bits per heavy atom. The number of aromatic nitrogens is 1. The number of ketones is 1. The smallest absolute Gasteiger partial charge is 0.407 e. The van der Waals surface area contributed by atoms with E-state index in [1.165, 1.54) is 6.07 Å². The summed E-state index contributed by atoms with van der Waals surface area (Å²) in [6.07, 6.45) is 2.62. The van der Waals surface area contributed by atoms with Crippen LogP contribution in [0, 0.1) is 11.6 Å². The summed E-state index contributed by atoms with van der Waals surface area (Å²) in [7, 11) is 0. The molecule has 1 aliphatic rings. The molecule has 31 heavy (non-hydrogen) atoms. The number of carbonyl (C=O) groups is 2. The van der Waals surface area contributed by atoms with E-state index in [0.29, 0.717) is 5.13 Å². The summed E-state index contributed by atoms with van der Waals surface area (Å²) in [5, 5.41) is 6.53. The molecule has 3 rings (SSSR count). The molecule has 0 unspecified atom stereocenters. The van der Waals surface area contributed by atoms with Gasteiger partial charge < -0.3 is 21.1 Å². The van der Waals surface area contributed by atoms with Crippen molar-refractivity contribution in [1.29, 1.82) is 0 Å². The van der Waals surface area contributed by atoms with Gasteiger partial charge in [0.1, 0.15) is 27.9 Å². The zero-order chi connectivity index (χ0) is 22.8. The molecule has 1 saturated carbocycles. The number of alkyl carbamates (subject to hydrolysis) is 1. The van der Waals surface area contributed by atoms with Gasteiger partial charge in [-0.15, -0.1) is 0 Å². The van der Waals surface area contributed by atoms with E-state index in [1.54, 1.807) is 0 Å². The molecular weight excluding hydrogens is 426 g/mol. The SMILES string of the molecule is CC(C)(C)OC(=O)N[C@H]1CC[C@H](Nc2nc(N)c(C(=O)c3c(F)cccc3F)s2)CC1. The molecular formula is C21H26F2N4O3S. The first-order chi connectivity index (χ1) is 14.5. The second kappa shape index (κ2) is 9.17. The molecule has 0 atom stereocenters. The van der Waals surface area contributed by atoms with Crippen molar-refractivity contribution in [1.82, 2.24) is 10.3 Å². The Labute approximate surface area is 183 Å². The molecule has 1 fully saturated rings. The largest absolute Gasteiger partial charge is 0.444 e. The minimum absolute atomic E-state index is 0.00761. The number of nitrogens with one attached hydrogen (secondary N) is 2. The highest BCUT2D eigenvalue weighted by Gasteiger charge is 2.27. The first kappa shape index (κ1) is 22.9. The summed E-state index contributed by atoms with van der Waals surface area (Å²) in [5.74, 6) is -2.78. The van der Waals surface area contributed by atoms with Gasteiger partial charge in [0.15, 0.2) is 5.13 Å². The third-order valence-electron chi connectivity index (χ3n) is 4.83. The van der Waals surface area contributed by atoms with E-state index in [4.69, 9.17) is 10.5 Å². The average Bonchev–Trinajstić information content (AvgIpc) is 3.01. The van der Waals surface area contributed by atoms with Crippen molar-refractivity contribution in [3.8, 4) is 0 Å². The lowest BCUT2D eigenvalue weighted by Gasteiger charge is -2.30. The van der Waals surface area contributed by atoms with Crippen LogP contribution in [0.4, 0.5) is 24.5 Å². The molecule has 7 nitrogen and oxygen atoms in total. The van der Waals surface area contributed by atoms with Crippen molar-refractivity contribution >= 4 is 34.2 Å². The first-order valence-corrected chi connectivity index (χ1v) is 10.9. The van der Waals surface area contributed by atoms with Gasteiger partial charge >= 0.3 is 6.09 Å². The Balaban J connectivity index is 1.58. The minimum atomic E-state index is -0.942. The van der Waals surface area contributed by atoms with Gasteiger partial charge in [-0.1, -0.05) is 17.4 Å². The van der Waals surface area contributed by atoms with Crippen LogP contribution in [0.5, 0.6) is 0 Å². The lowest BCUT2D eigenvalue weighted by Crippen LogP contribution is -2.42. The minimum Gasteiger partial charge on any atom is -0.444 e. The maximum atomic E-state index is 13.9. The van der Waals surface area contributed by atoms with E-state index in [2.05, 4.69) is 15.6 Å². The van der Waals surface area contributed by atoms with Crippen molar-refractivity contribution in [3.63, 3.8) is 0 Å². The van der Waals surface area contributed by atoms with Crippen molar-refractivity contribution in [2.75, 3.05) is 11.1 Å². The molecule has 1 amide bonds. The van der Waals surface area contributed by atoms with Crippen LogP contribution in [0.3, 0.4) is 0 Å². The summed E-state index contributed by atoms with van der Waals surface area (Å²) in [6, 6.07) is 3.34. The highest BCUT2D eigenvalue weighted by Crippen LogP contribution is 2.31. The molecule has 0 spiro atoms. The number of ether oxygens (including phenoxy) is 1. The molecule has 168 valence electrons. The summed E-state index contributed by atoms with van der Waals surface area (Å²) in [4.78, 5) is 28.6. The fourth-order valence-corrected chi connectivity index (χ4v) is 4.32. The summed E-state index contributed by atoms with van der Waals surface area (Å²) < 4.78 is 33.2. The standard InChI is InChI=1S/C21H26F2N4O3S/c1-21(2,3)30-20(29)26-12-9-7-11(8-10-12)25-19-27-18(24)17(31-19)16(28)15-13(22)5-4-6-14(15)23/h4-6,11-12H,7-10,24H2,1-3H3,(H,25,27)(H,26,29)/t11-,12-. The summed E-state index contributed by atoms with van der Waals surface area (Å²) >= 11 is 0.971. The summed E-state index contributed by atoms with van der Waals surface area (Å²) in [5.41, 5.74) is 4.66. The van der Waals surface area contributed by atoms with Crippen LogP contribution < -0.4 is 16.4 Å². The molecule has 0 radical (unpaired) electrons. The number of thiazole rings is 1. The van der Waals surface area contributed by atoms with Gasteiger partial charge in [0.25, 0.3) is 0 Å². The average molecular weight is 453 g/mol. The van der Waals surface area contributed by atoms with Crippen LogP contribution in [-0.2, 0) is 4.74 Å². The van der Waals surface area contributed by atoms with E-state index in [1.807, 2.05) is 20.8 Å². The number of rotatable bonds is 5.